The summed E-state index contributed by atoms with van der Waals surface area (Å²) in [5, 5.41) is 5.30. The van der Waals surface area contributed by atoms with E-state index in [0.29, 0.717) is 10.7 Å². The average Bonchev–Trinajstić information content (AvgIpc) is 2.74. The van der Waals surface area contributed by atoms with Crippen molar-refractivity contribution in [2.24, 2.45) is 0 Å². The molecule has 1 aromatic heterocycles. The number of aromatic nitrogens is 2. The van der Waals surface area contributed by atoms with Crippen LogP contribution in [0.3, 0.4) is 0 Å². The summed E-state index contributed by atoms with van der Waals surface area (Å²) in [6.45, 7) is 5.08. The first kappa shape index (κ1) is 15.7. The van der Waals surface area contributed by atoms with E-state index in [9.17, 15) is 0 Å². The smallest absolute Gasteiger partial charge is 0.0767 e. The number of hydrogen-bond donors (Lipinski definition) is 1. The maximum atomic E-state index is 6.21. The first-order valence-electron chi connectivity index (χ1n) is 6.48. The Kier molecular flexibility index (Phi) is 5.41. The minimum atomic E-state index is 0.687. The molecule has 0 spiro atoms. The summed E-state index contributed by atoms with van der Waals surface area (Å²) in [7, 11) is 0. The van der Waals surface area contributed by atoms with Crippen LogP contribution in [0.15, 0.2) is 27.6 Å². The zero-order valence-corrected chi connectivity index (χ0v) is 14.6. The molecule has 2 N–H and O–H groups in total. The molecule has 1 heterocycles. The van der Waals surface area contributed by atoms with Gasteiger partial charge >= 0.3 is 0 Å². The molecule has 0 bridgehead atoms. The number of rotatable bonds is 5. The molecule has 0 unspecified atom stereocenters. The number of benzene rings is 1. The van der Waals surface area contributed by atoms with Crippen LogP contribution in [0, 0.1) is 0 Å². The number of aryl methyl sites for hydroxylation is 2. The Morgan fingerprint density at radius 2 is 2.15 bits per heavy atom. The van der Waals surface area contributed by atoms with Gasteiger partial charge in [0.2, 0.25) is 0 Å². The minimum Gasteiger partial charge on any atom is -0.399 e. The van der Waals surface area contributed by atoms with E-state index in [2.05, 4.69) is 34.9 Å². The van der Waals surface area contributed by atoms with Crippen LogP contribution in [-0.2, 0) is 18.7 Å². The quantitative estimate of drug-likeness (QED) is 0.606. The van der Waals surface area contributed by atoms with Crippen LogP contribution >= 0.6 is 39.3 Å². The van der Waals surface area contributed by atoms with Crippen LogP contribution in [0.25, 0.3) is 0 Å². The van der Waals surface area contributed by atoms with E-state index in [-0.39, 0.29) is 0 Å². The molecule has 2 rings (SSSR count). The van der Waals surface area contributed by atoms with Gasteiger partial charge in [-0.15, -0.1) is 11.8 Å². The second-order valence-electron chi connectivity index (χ2n) is 4.36. The minimum absolute atomic E-state index is 0.687. The van der Waals surface area contributed by atoms with Gasteiger partial charge in [-0.3, -0.25) is 4.68 Å². The van der Waals surface area contributed by atoms with Crippen molar-refractivity contribution in [2.45, 2.75) is 37.5 Å². The van der Waals surface area contributed by atoms with Gasteiger partial charge in [-0.1, -0.05) is 18.5 Å². The standard InChI is InChI=1S/C14H17BrClN3S/c1-3-11-14(15)12(19(4-2)18-11)8-20-13-6-5-9(17)7-10(13)16/h5-7H,3-4,8,17H2,1-2H3. The molecule has 0 aliphatic heterocycles. The van der Waals surface area contributed by atoms with Gasteiger partial charge in [0.1, 0.15) is 0 Å². The lowest BCUT2D eigenvalue weighted by molar-refractivity contribution is 0.627. The zero-order chi connectivity index (χ0) is 14.7. The van der Waals surface area contributed by atoms with Gasteiger partial charge in [-0.2, -0.15) is 5.10 Å². The third-order valence-corrected chi connectivity index (χ3v) is 5.44. The van der Waals surface area contributed by atoms with Gasteiger partial charge in [-0.05, 0) is 47.5 Å². The van der Waals surface area contributed by atoms with Crippen molar-refractivity contribution in [2.75, 3.05) is 5.73 Å². The Hall–Kier alpha value is -0.650. The molecule has 1 aromatic carbocycles. The fourth-order valence-electron chi connectivity index (χ4n) is 1.94. The number of halogens is 2. The van der Waals surface area contributed by atoms with Gasteiger partial charge in [0, 0.05) is 22.9 Å². The molecule has 0 saturated heterocycles. The van der Waals surface area contributed by atoms with Crippen molar-refractivity contribution in [1.82, 2.24) is 9.78 Å². The Labute approximate surface area is 137 Å². The molecule has 0 atom stereocenters. The van der Waals surface area contributed by atoms with Crippen LogP contribution in [-0.4, -0.2) is 9.78 Å². The van der Waals surface area contributed by atoms with E-state index in [0.717, 1.165) is 33.8 Å². The molecule has 0 aliphatic carbocycles. The van der Waals surface area contributed by atoms with Gasteiger partial charge in [-0.25, -0.2) is 0 Å². The molecule has 0 saturated carbocycles. The molecule has 0 amide bonds. The SMILES string of the molecule is CCc1nn(CC)c(CSc2ccc(N)cc2Cl)c1Br. The topological polar surface area (TPSA) is 43.8 Å². The van der Waals surface area contributed by atoms with Crippen LogP contribution in [0.4, 0.5) is 5.69 Å². The van der Waals surface area contributed by atoms with Crippen molar-refractivity contribution in [1.29, 1.82) is 0 Å². The number of nitrogen functional groups attached to an aromatic ring is 1. The maximum Gasteiger partial charge on any atom is 0.0767 e. The average molecular weight is 375 g/mol. The van der Waals surface area contributed by atoms with Crippen LogP contribution < -0.4 is 5.73 Å². The van der Waals surface area contributed by atoms with Gasteiger partial charge in [0.15, 0.2) is 0 Å². The zero-order valence-electron chi connectivity index (χ0n) is 11.5. The Balaban J connectivity index is 2.20. The fourth-order valence-corrected chi connectivity index (χ4v) is 4.12. The van der Waals surface area contributed by atoms with Crippen molar-refractivity contribution >= 4 is 45.0 Å². The third kappa shape index (κ3) is 3.32. The molecule has 2 aromatic rings. The number of nitrogens with two attached hydrogens (primary N) is 1. The molecule has 3 nitrogen and oxygen atoms in total. The van der Waals surface area contributed by atoms with Gasteiger partial charge in [0.25, 0.3) is 0 Å². The lowest BCUT2D eigenvalue weighted by Gasteiger charge is -2.07. The van der Waals surface area contributed by atoms with E-state index in [4.69, 9.17) is 17.3 Å². The Morgan fingerprint density at radius 1 is 1.40 bits per heavy atom. The summed E-state index contributed by atoms with van der Waals surface area (Å²) in [6.07, 6.45) is 0.924. The number of hydrogen-bond acceptors (Lipinski definition) is 3. The third-order valence-electron chi connectivity index (χ3n) is 3.01. The normalized spacial score (nSPS) is 11.0. The van der Waals surface area contributed by atoms with E-state index < -0.39 is 0 Å². The van der Waals surface area contributed by atoms with Crippen LogP contribution in [0.1, 0.15) is 25.2 Å². The summed E-state index contributed by atoms with van der Waals surface area (Å²) < 4.78 is 3.15. The van der Waals surface area contributed by atoms with Crippen LogP contribution in [0.5, 0.6) is 0 Å². The van der Waals surface area contributed by atoms with Crippen molar-refractivity contribution in [3.63, 3.8) is 0 Å². The first-order valence-corrected chi connectivity index (χ1v) is 8.64. The summed E-state index contributed by atoms with van der Waals surface area (Å²) in [5.41, 5.74) is 8.70. The summed E-state index contributed by atoms with van der Waals surface area (Å²) in [6, 6.07) is 5.62. The first-order chi connectivity index (χ1) is 9.56. The molecule has 6 heteroatoms. The second kappa shape index (κ2) is 6.87. The van der Waals surface area contributed by atoms with Gasteiger partial charge < -0.3 is 5.73 Å². The highest BCUT2D eigenvalue weighted by Gasteiger charge is 2.14. The highest BCUT2D eigenvalue weighted by Crippen LogP contribution is 2.33. The molecular formula is C14H17BrClN3S. The Bertz CT molecular complexity index is 613. The highest BCUT2D eigenvalue weighted by molar-refractivity contribution is 9.10. The van der Waals surface area contributed by atoms with Crippen molar-refractivity contribution < 1.29 is 0 Å². The largest absolute Gasteiger partial charge is 0.399 e. The van der Waals surface area contributed by atoms with E-state index in [1.54, 1.807) is 17.8 Å². The number of thioether (sulfide) groups is 1. The van der Waals surface area contributed by atoms with E-state index in [1.165, 1.54) is 5.69 Å². The van der Waals surface area contributed by atoms with E-state index in [1.807, 2.05) is 16.8 Å². The number of nitrogens with zero attached hydrogens (tertiary/aromatic N) is 2. The summed E-state index contributed by atoms with van der Waals surface area (Å²) >= 11 is 11.6. The molecule has 0 radical (unpaired) electrons. The molecule has 108 valence electrons. The summed E-state index contributed by atoms with van der Waals surface area (Å²) in [4.78, 5) is 1.04. The second-order valence-corrected chi connectivity index (χ2v) is 6.57. The van der Waals surface area contributed by atoms with Crippen LogP contribution in [0.2, 0.25) is 5.02 Å². The molecular weight excluding hydrogens is 358 g/mol. The predicted octanol–water partition coefficient (Wildman–Crippen LogP) is 4.76. The van der Waals surface area contributed by atoms with Crippen molar-refractivity contribution in [3.8, 4) is 0 Å². The van der Waals surface area contributed by atoms with Crippen molar-refractivity contribution in [3.05, 3.63) is 39.1 Å². The maximum absolute atomic E-state index is 6.21. The van der Waals surface area contributed by atoms with Gasteiger partial charge in [0.05, 0.1) is 20.9 Å². The number of anilines is 1. The lowest BCUT2D eigenvalue weighted by Crippen LogP contribution is -2.02. The fraction of sp³-hybridized carbons (Fsp3) is 0.357. The molecule has 0 aliphatic rings. The summed E-state index contributed by atoms with van der Waals surface area (Å²) in [5.74, 6) is 0.824. The predicted molar refractivity (Wildman–Crippen MR) is 90.4 cm³/mol. The highest BCUT2D eigenvalue weighted by atomic mass is 79.9. The molecule has 0 fully saturated rings. The van der Waals surface area contributed by atoms with E-state index >= 15 is 0 Å². The Morgan fingerprint density at radius 3 is 2.75 bits per heavy atom. The monoisotopic (exact) mass is 373 g/mol. The lowest BCUT2D eigenvalue weighted by atomic mass is 10.3. The molecule has 20 heavy (non-hydrogen) atoms.